The number of likely N-dealkylation sites (tertiary alicyclic amines) is 1. The summed E-state index contributed by atoms with van der Waals surface area (Å²) >= 11 is 0. The molecule has 5 atom stereocenters. The quantitative estimate of drug-likeness (QED) is 0.779. The molecule has 1 aromatic carbocycles. The second-order valence-electron chi connectivity index (χ2n) is 7.78. The number of aliphatic hydroxyl groups excluding tert-OH is 1. The van der Waals surface area contributed by atoms with Crippen molar-refractivity contribution >= 4 is 0 Å². The summed E-state index contributed by atoms with van der Waals surface area (Å²) in [4.78, 5) is 2.60. The average Bonchev–Trinajstić information content (AvgIpc) is 2.86. The van der Waals surface area contributed by atoms with Crippen LogP contribution in [0.1, 0.15) is 31.4 Å². The van der Waals surface area contributed by atoms with Gasteiger partial charge < -0.3 is 14.9 Å². The molecule has 4 aliphatic rings. The largest absolute Gasteiger partial charge is 0.504 e. The number of phenols is 1. The number of aliphatic hydroxyl groups is 1. The third-order valence-electron chi connectivity index (χ3n) is 6.58. The first kappa shape index (κ1) is 13.9. The van der Waals surface area contributed by atoms with Crippen LogP contribution in [0.5, 0.6) is 11.5 Å². The van der Waals surface area contributed by atoms with Gasteiger partial charge in [0.25, 0.3) is 0 Å². The summed E-state index contributed by atoms with van der Waals surface area (Å²) < 4.78 is 6.15. The highest BCUT2D eigenvalue weighted by Crippen LogP contribution is 2.62. The number of phenolic OH excluding ortho intramolecular Hbond substituents is 1. The fourth-order valence-corrected chi connectivity index (χ4v) is 5.73. The fraction of sp³-hybridized carbons (Fsp3) is 0.579. The Balaban J connectivity index is 1.78. The van der Waals surface area contributed by atoms with Crippen LogP contribution in [-0.4, -0.2) is 45.9 Å². The summed E-state index contributed by atoms with van der Waals surface area (Å²) in [5.74, 6) is 1.18. The third kappa shape index (κ3) is 1.49. The molecule has 0 aromatic heterocycles. The van der Waals surface area contributed by atoms with Crippen LogP contribution in [0.3, 0.4) is 0 Å². The number of nitrogens with zero attached hydrogens (tertiary/aromatic N) is 1. The van der Waals surface area contributed by atoms with Gasteiger partial charge in [0.15, 0.2) is 11.5 Å². The molecule has 1 fully saturated rings. The fourth-order valence-electron chi connectivity index (χ4n) is 5.73. The van der Waals surface area contributed by atoms with E-state index in [0.717, 1.165) is 19.4 Å². The van der Waals surface area contributed by atoms with E-state index in [-0.39, 0.29) is 17.3 Å². The number of hydrogen-bond donors (Lipinski definition) is 2. The number of ether oxygens (including phenoxy) is 1. The highest BCUT2D eigenvalue weighted by Gasteiger charge is 2.64. The topological polar surface area (TPSA) is 52.9 Å². The molecule has 2 bridgehead atoms. The lowest BCUT2D eigenvalue weighted by molar-refractivity contribution is -0.0591. The Morgan fingerprint density at radius 1 is 1.30 bits per heavy atom. The summed E-state index contributed by atoms with van der Waals surface area (Å²) in [6.07, 6.45) is 5.21. The van der Waals surface area contributed by atoms with Gasteiger partial charge in [-0.3, -0.25) is 4.90 Å². The van der Waals surface area contributed by atoms with Crippen LogP contribution in [0.2, 0.25) is 0 Å². The number of benzene rings is 1. The molecule has 0 amide bonds. The lowest BCUT2D eigenvalue weighted by Crippen LogP contribution is -2.66. The van der Waals surface area contributed by atoms with Crippen molar-refractivity contribution in [3.8, 4) is 11.5 Å². The molecule has 0 saturated carbocycles. The summed E-state index contributed by atoms with van der Waals surface area (Å²) in [5.41, 5.74) is 2.29. The second kappa shape index (κ2) is 4.31. The molecule has 1 spiro atoms. The molecule has 0 radical (unpaired) electrons. The first-order chi connectivity index (χ1) is 11.0. The van der Waals surface area contributed by atoms with E-state index >= 15 is 0 Å². The van der Waals surface area contributed by atoms with Gasteiger partial charge in [0.1, 0.15) is 12.2 Å². The molecule has 2 N–H and O–H groups in total. The Hall–Kier alpha value is -1.52. The zero-order valence-corrected chi connectivity index (χ0v) is 13.6. The molecular formula is C19H23NO3. The van der Waals surface area contributed by atoms with Crippen LogP contribution in [0.15, 0.2) is 24.3 Å². The van der Waals surface area contributed by atoms with Crippen molar-refractivity contribution in [1.29, 1.82) is 0 Å². The molecule has 23 heavy (non-hydrogen) atoms. The normalized spacial score (nSPS) is 40.2. The van der Waals surface area contributed by atoms with Crippen LogP contribution in [0.4, 0.5) is 0 Å². The molecule has 2 aliphatic heterocycles. The minimum Gasteiger partial charge on any atom is -0.504 e. The minimum atomic E-state index is -0.602. The molecular weight excluding hydrogens is 290 g/mol. The summed E-state index contributed by atoms with van der Waals surface area (Å²) in [5, 5.41) is 20.8. The highest BCUT2D eigenvalue weighted by atomic mass is 16.5. The molecule has 1 aromatic rings. The smallest absolute Gasteiger partial charge is 0.165 e. The van der Waals surface area contributed by atoms with E-state index in [1.807, 2.05) is 6.08 Å². The number of hydrogen-bond acceptors (Lipinski definition) is 4. The molecule has 2 heterocycles. The van der Waals surface area contributed by atoms with E-state index in [1.54, 1.807) is 6.07 Å². The van der Waals surface area contributed by atoms with Gasteiger partial charge in [-0.15, -0.1) is 0 Å². The number of piperidine rings is 1. The Morgan fingerprint density at radius 3 is 2.91 bits per heavy atom. The zero-order chi connectivity index (χ0) is 15.9. The monoisotopic (exact) mass is 313 g/mol. The van der Waals surface area contributed by atoms with E-state index < -0.39 is 6.10 Å². The molecule has 1 saturated heterocycles. The van der Waals surface area contributed by atoms with Crippen molar-refractivity contribution in [1.82, 2.24) is 4.90 Å². The van der Waals surface area contributed by atoms with Gasteiger partial charge in [0.2, 0.25) is 0 Å². The Bertz CT molecular complexity index is 713. The SMILES string of the molecule is CC(C)N1CC[C@]23c4c5ccc(O)c4O[C@H]2[C@@H](O)C=C[C@H]3[C@H]1C5. The number of aromatic hydroxyl groups is 1. The standard InChI is InChI=1S/C19H23NO3/c1-10(2)20-8-7-19-12-4-6-15(22)18(19)23-17-14(21)5-3-11(16(17)19)9-13(12)20/h3-6,10,12-13,15,18,21-22H,7-9H2,1-2H3/t12-,13+,15-,18-,19-/m0/s1. The van der Waals surface area contributed by atoms with Crippen LogP contribution in [0, 0.1) is 5.92 Å². The maximum absolute atomic E-state index is 10.5. The van der Waals surface area contributed by atoms with Crippen LogP contribution in [-0.2, 0) is 11.8 Å². The van der Waals surface area contributed by atoms with Gasteiger partial charge in [-0.25, -0.2) is 0 Å². The predicted octanol–water partition coefficient (Wildman–Crippen LogP) is 1.98. The van der Waals surface area contributed by atoms with E-state index in [0.29, 0.717) is 23.8 Å². The van der Waals surface area contributed by atoms with E-state index in [4.69, 9.17) is 4.74 Å². The van der Waals surface area contributed by atoms with Crippen molar-refractivity contribution < 1.29 is 14.9 Å². The summed E-state index contributed by atoms with van der Waals surface area (Å²) in [7, 11) is 0. The van der Waals surface area contributed by atoms with Crippen molar-refractivity contribution in [3.63, 3.8) is 0 Å². The first-order valence-corrected chi connectivity index (χ1v) is 8.68. The van der Waals surface area contributed by atoms with Crippen LogP contribution in [0.25, 0.3) is 0 Å². The molecule has 4 nitrogen and oxygen atoms in total. The zero-order valence-electron chi connectivity index (χ0n) is 13.6. The third-order valence-corrected chi connectivity index (χ3v) is 6.58. The van der Waals surface area contributed by atoms with Gasteiger partial charge in [-0.2, -0.15) is 0 Å². The van der Waals surface area contributed by atoms with Gasteiger partial charge in [-0.05, 0) is 44.9 Å². The first-order valence-electron chi connectivity index (χ1n) is 8.68. The highest BCUT2D eigenvalue weighted by molar-refractivity contribution is 5.61. The van der Waals surface area contributed by atoms with E-state index in [9.17, 15) is 10.2 Å². The van der Waals surface area contributed by atoms with Gasteiger partial charge in [0, 0.05) is 29.0 Å². The number of rotatable bonds is 1. The van der Waals surface area contributed by atoms with Gasteiger partial charge >= 0.3 is 0 Å². The molecule has 4 heteroatoms. The second-order valence-corrected chi connectivity index (χ2v) is 7.78. The lowest BCUT2D eigenvalue weighted by atomic mass is 9.53. The molecule has 2 aliphatic carbocycles. The van der Waals surface area contributed by atoms with Crippen LogP contribution < -0.4 is 4.74 Å². The van der Waals surface area contributed by atoms with Gasteiger partial charge in [-0.1, -0.05) is 18.2 Å². The van der Waals surface area contributed by atoms with E-state index in [2.05, 4.69) is 30.9 Å². The van der Waals surface area contributed by atoms with Gasteiger partial charge in [0.05, 0.1) is 0 Å². The average molecular weight is 313 g/mol. The van der Waals surface area contributed by atoms with Crippen molar-refractivity contribution in [2.75, 3.05) is 6.54 Å². The minimum absolute atomic E-state index is 0.175. The molecule has 122 valence electrons. The predicted molar refractivity (Wildman–Crippen MR) is 86.8 cm³/mol. The Labute approximate surface area is 136 Å². The van der Waals surface area contributed by atoms with Crippen molar-refractivity contribution in [2.45, 2.75) is 56.4 Å². The van der Waals surface area contributed by atoms with Crippen LogP contribution >= 0.6 is 0 Å². The molecule has 0 unspecified atom stereocenters. The van der Waals surface area contributed by atoms with Crippen molar-refractivity contribution in [2.24, 2.45) is 5.92 Å². The lowest BCUT2D eigenvalue weighted by Gasteiger charge is -2.58. The summed E-state index contributed by atoms with van der Waals surface area (Å²) in [6.45, 7) is 5.55. The maximum Gasteiger partial charge on any atom is 0.165 e. The molecule has 5 rings (SSSR count). The van der Waals surface area contributed by atoms with E-state index in [1.165, 1.54) is 11.1 Å². The maximum atomic E-state index is 10.5. The Kier molecular flexibility index (Phi) is 2.60. The van der Waals surface area contributed by atoms with Crippen molar-refractivity contribution in [3.05, 3.63) is 35.4 Å². The summed E-state index contributed by atoms with van der Waals surface area (Å²) in [6, 6.07) is 4.76. The Morgan fingerprint density at radius 2 is 2.13 bits per heavy atom.